The fourth-order valence-electron chi connectivity index (χ4n) is 3.34. The number of ether oxygens (including phenoxy) is 4. The molecule has 0 atom stereocenters. The molecule has 0 bridgehead atoms. The van der Waals surface area contributed by atoms with Crippen molar-refractivity contribution in [3.8, 4) is 11.5 Å². The highest BCUT2D eigenvalue weighted by Crippen LogP contribution is 2.43. The summed E-state index contributed by atoms with van der Waals surface area (Å²) in [6.45, 7) is 5.79. The summed E-state index contributed by atoms with van der Waals surface area (Å²) in [6, 6.07) is 13.6. The average molecular weight is 410 g/mol. The Hall–Kier alpha value is -3.28. The molecule has 0 fully saturated rings. The zero-order valence-corrected chi connectivity index (χ0v) is 17.5. The molecule has 0 heterocycles. The van der Waals surface area contributed by atoms with E-state index in [4.69, 9.17) is 18.9 Å². The van der Waals surface area contributed by atoms with Crippen molar-refractivity contribution in [2.24, 2.45) is 0 Å². The molecule has 0 aromatic heterocycles. The third kappa shape index (κ3) is 4.64. The van der Waals surface area contributed by atoms with Crippen LogP contribution in [-0.4, -0.2) is 38.4 Å². The largest absolute Gasteiger partial charge is 0.481 e. The molecule has 3 aromatic carbocycles. The van der Waals surface area contributed by atoms with E-state index in [0.717, 1.165) is 33.5 Å². The minimum Gasteiger partial charge on any atom is -0.481 e. The van der Waals surface area contributed by atoms with Crippen LogP contribution in [0.15, 0.2) is 42.5 Å². The molecule has 0 radical (unpaired) electrons. The predicted molar refractivity (Wildman–Crippen MR) is 115 cm³/mol. The number of carbonyl (C=O) groups is 2. The zero-order valence-electron chi connectivity index (χ0n) is 17.5. The van der Waals surface area contributed by atoms with Crippen LogP contribution in [0.4, 0.5) is 0 Å². The SMILES string of the molecule is CCOC(=O)COc1c2ccccc2c(OCC(=O)OCC)c2cc(CC)ccc12. The number of aryl methyl sites for hydroxylation is 1. The van der Waals surface area contributed by atoms with Crippen molar-refractivity contribution in [2.45, 2.75) is 27.2 Å². The fraction of sp³-hybridized carbons (Fsp3) is 0.333. The van der Waals surface area contributed by atoms with Crippen LogP contribution >= 0.6 is 0 Å². The summed E-state index contributed by atoms with van der Waals surface area (Å²) in [5.41, 5.74) is 1.12. The van der Waals surface area contributed by atoms with Gasteiger partial charge in [0.1, 0.15) is 11.5 Å². The van der Waals surface area contributed by atoms with Gasteiger partial charge in [-0.05, 0) is 31.9 Å². The molecule has 0 aliphatic heterocycles. The standard InChI is InChI=1S/C24H26O6/c1-4-16-11-12-19-20(13-16)24(30-15-22(26)28-6-3)18-10-8-7-9-17(18)23(19)29-14-21(25)27-5-2/h7-13H,4-6,14-15H2,1-3H3. The topological polar surface area (TPSA) is 71.1 Å². The quantitative estimate of drug-likeness (QED) is 0.384. The third-order valence-corrected chi connectivity index (χ3v) is 4.68. The number of carbonyl (C=O) groups excluding carboxylic acids is 2. The fourth-order valence-corrected chi connectivity index (χ4v) is 3.34. The maximum absolute atomic E-state index is 11.9. The lowest BCUT2D eigenvalue weighted by molar-refractivity contribution is -0.146. The van der Waals surface area contributed by atoms with E-state index in [1.165, 1.54) is 0 Å². The molecule has 0 amide bonds. The van der Waals surface area contributed by atoms with Gasteiger partial charge < -0.3 is 18.9 Å². The van der Waals surface area contributed by atoms with Gasteiger partial charge in [0.25, 0.3) is 0 Å². The molecule has 6 heteroatoms. The van der Waals surface area contributed by atoms with Crippen LogP contribution in [0.5, 0.6) is 11.5 Å². The maximum Gasteiger partial charge on any atom is 0.344 e. The summed E-state index contributed by atoms with van der Waals surface area (Å²) >= 11 is 0. The van der Waals surface area contributed by atoms with E-state index in [2.05, 4.69) is 6.92 Å². The minimum absolute atomic E-state index is 0.188. The van der Waals surface area contributed by atoms with Gasteiger partial charge in [-0.15, -0.1) is 0 Å². The van der Waals surface area contributed by atoms with Crippen LogP contribution in [-0.2, 0) is 25.5 Å². The second kappa shape index (κ2) is 9.96. The summed E-state index contributed by atoms with van der Waals surface area (Å²) < 4.78 is 21.9. The van der Waals surface area contributed by atoms with Crippen LogP contribution in [0.1, 0.15) is 26.3 Å². The van der Waals surface area contributed by atoms with Crippen LogP contribution in [0, 0.1) is 0 Å². The zero-order chi connectivity index (χ0) is 21.5. The first-order chi connectivity index (χ1) is 14.6. The first kappa shape index (κ1) is 21.4. The van der Waals surface area contributed by atoms with E-state index in [9.17, 15) is 9.59 Å². The smallest absolute Gasteiger partial charge is 0.344 e. The Balaban J connectivity index is 2.15. The molecule has 0 aliphatic rings. The first-order valence-corrected chi connectivity index (χ1v) is 10.1. The second-order valence-corrected chi connectivity index (χ2v) is 6.62. The van der Waals surface area contributed by atoms with Gasteiger partial charge in [-0.3, -0.25) is 0 Å². The monoisotopic (exact) mass is 410 g/mol. The Bertz CT molecular complexity index is 1060. The lowest BCUT2D eigenvalue weighted by Gasteiger charge is -2.18. The van der Waals surface area contributed by atoms with Crippen molar-refractivity contribution >= 4 is 33.5 Å². The molecule has 6 nitrogen and oxygen atoms in total. The van der Waals surface area contributed by atoms with Gasteiger partial charge in [0.15, 0.2) is 13.2 Å². The van der Waals surface area contributed by atoms with Gasteiger partial charge >= 0.3 is 11.9 Å². The molecular formula is C24H26O6. The van der Waals surface area contributed by atoms with Crippen LogP contribution in [0.2, 0.25) is 0 Å². The first-order valence-electron chi connectivity index (χ1n) is 10.1. The van der Waals surface area contributed by atoms with Crippen LogP contribution in [0.25, 0.3) is 21.5 Å². The van der Waals surface area contributed by atoms with Crippen molar-refractivity contribution in [1.29, 1.82) is 0 Å². The normalized spacial score (nSPS) is 10.8. The maximum atomic E-state index is 11.9. The molecule has 0 aliphatic carbocycles. The highest BCUT2D eigenvalue weighted by molar-refractivity contribution is 6.11. The van der Waals surface area contributed by atoms with E-state index in [-0.39, 0.29) is 13.2 Å². The highest BCUT2D eigenvalue weighted by atomic mass is 16.6. The molecule has 0 spiro atoms. The van der Waals surface area contributed by atoms with Crippen molar-refractivity contribution < 1.29 is 28.5 Å². The summed E-state index contributed by atoms with van der Waals surface area (Å²) in [4.78, 5) is 23.8. The van der Waals surface area contributed by atoms with E-state index in [0.29, 0.717) is 24.7 Å². The summed E-state index contributed by atoms with van der Waals surface area (Å²) in [5.74, 6) is 0.318. The molecule has 0 N–H and O–H groups in total. The number of benzene rings is 3. The molecule has 3 rings (SSSR count). The molecule has 0 unspecified atom stereocenters. The van der Waals surface area contributed by atoms with Gasteiger partial charge in [-0.25, -0.2) is 9.59 Å². The second-order valence-electron chi connectivity index (χ2n) is 6.62. The third-order valence-electron chi connectivity index (χ3n) is 4.68. The highest BCUT2D eigenvalue weighted by Gasteiger charge is 2.18. The van der Waals surface area contributed by atoms with Gasteiger partial charge in [0.2, 0.25) is 0 Å². The number of fused-ring (bicyclic) bond motifs is 2. The molecule has 30 heavy (non-hydrogen) atoms. The van der Waals surface area contributed by atoms with Crippen molar-refractivity contribution in [2.75, 3.05) is 26.4 Å². The Morgan fingerprint density at radius 2 is 1.20 bits per heavy atom. The lowest BCUT2D eigenvalue weighted by atomic mass is 9.98. The lowest BCUT2D eigenvalue weighted by Crippen LogP contribution is -2.16. The van der Waals surface area contributed by atoms with E-state index >= 15 is 0 Å². The molecule has 3 aromatic rings. The van der Waals surface area contributed by atoms with Crippen molar-refractivity contribution in [3.63, 3.8) is 0 Å². The van der Waals surface area contributed by atoms with Gasteiger partial charge in [0.05, 0.1) is 13.2 Å². The van der Waals surface area contributed by atoms with E-state index in [1.54, 1.807) is 13.8 Å². The summed E-state index contributed by atoms with van der Waals surface area (Å²) in [5, 5.41) is 3.20. The molecular weight excluding hydrogens is 384 g/mol. The average Bonchev–Trinajstić information content (AvgIpc) is 2.76. The van der Waals surface area contributed by atoms with Crippen molar-refractivity contribution in [1.82, 2.24) is 0 Å². The Labute approximate surface area is 175 Å². The van der Waals surface area contributed by atoms with Gasteiger partial charge in [-0.2, -0.15) is 0 Å². The minimum atomic E-state index is -0.428. The number of hydrogen-bond donors (Lipinski definition) is 0. The summed E-state index contributed by atoms with van der Waals surface area (Å²) in [6.07, 6.45) is 0.846. The Morgan fingerprint density at radius 1 is 0.700 bits per heavy atom. The molecule has 0 saturated heterocycles. The van der Waals surface area contributed by atoms with Gasteiger partial charge in [0, 0.05) is 21.5 Å². The van der Waals surface area contributed by atoms with E-state index < -0.39 is 11.9 Å². The Kier molecular flexibility index (Phi) is 7.12. The van der Waals surface area contributed by atoms with Crippen LogP contribution in [0.3, 0.4) is 0 Å². The predicted octanol–water partition coefficient (Wildman–Crippen LogP) is 4.44. The van der Waals surface area contributed by atoms with E-state index in [1.807, 2.05) is 42.5 Å². The molecule has 158 valence electrons. The number of esters is 2. The van der Waals surface area contributed by atoms with Crippen LogP contribution < -0.4 is 9.47 Å². The van der Waals surface area contributed by atoms with Gasteiger partial charge in [-0.1, -0.05) is 43.3 Å². The summed E-state index contributed by atoms with van der Waals surface area (Å²) in [7, 11) is 0. The number of hydrogen-bond acceptors (Lipinski definition) is 6. The Morgan fingerprint density at radius 3 is 1.70 bits per heavy atom. The van der Waals surface area contributed by atoms with Crippen molar-refractivity contribution in [3.05, 3.63) is 48.0 Å². The number of rotatable bonds is 9. The molecule has 0 saturated carbocycles.